The monoisotopic (exact) mass is 168 g/mol. The molecule has 0 N–H and O–H groups in total. The van der Waals surface area contributed by atoms with E-state index < -0.39 is 0 Å². The maximum Gasteiger partial charge on any atom is 0.0865 e. The zero-order chi connectivity index (χ0) is 9.23. The molecule has 0 aliphatic carbocycles. The minimum Gasteiger partial charge on any atom is -0.291 e. The van der Waals surface area contributed by atoms with Gasteiger partial charge >= 0.3 is 0 Å². The third-order valence-corrected chi connectivity index (χ3v) is 1.95. The van der Waals surface area contributed by atoms with Crippen molar-refractivity contribution in [1.29, 1.82) is 5.26 Å². The second kappa shape index (κ2) is 8.55. The van der Waals surface area contributed by atoms with Gasteiger partial charge in [0.2, 0.25) is 0 Å². The van der Waals surface area contributed by atoms with Crippen LogP contribution in [0.15, 0.2) is 0 Å². The summed E-state index contributed by atoms with van der Waals surface area (Å²) in [5.74, 6) is 0. The minimum atomic E-state index is 0.597. The Labute approximate surface area is 76.2 Å². The van der Waals surface area contributed by atoms with Gasteiger partial charge in [-0.1, -0.05) is 26.7 Å². The first-order chi connectivity index (χ1) is 5.85. The number of nitriles is 1. The fourth-order valence-electron chi connectivity index (χ4n) is 1.13. The molecular weight excluding hydrogens is 148 g/mol. The Morgan fingerprint density at radius 1 is 1.08 bits per heavy atom. The quantitative estimate of drug-likeness (QED) is 0.546. The van der Waals surface area contributed by atoms with Crippen molar-refractivity contribution in [2.24, 2.45) is 0 Å². The van der Waals surface area contributed by atoms with Crippen LogP contribution in [0.2, 0.25) is 0 Å². The van der Waals surface area contributed by atoms with E-state index >= 15 is 0 Å². The van der Waals surface area contributed by atoms with E-state index in [1.165, 1.54) is 25.7 Å². The standard InChI is InChI=1S/C10H20N2/c1-3-5-8-12(10-7-11)9-6-4-2/h3-6,8-10H2,1-2H3. The van der Waals surface area contributed by atoms with E-state index in [4.69, 9.17) is 5.26 Å². The lowest BCUT2D eigenvalue weighted by Crippen LogP contribution is -2.26. The number of nitrogens with zero attached hydrogens (tertiary/aromatic N) is 2. The molecule has 0 radical (unpaired) electrons. The van der Waals surface area contributed by atoms with Crippen LogP contribution < -0.4 is 0 Å². The molecule has 0 aromatic carbocycles. The van der Waals surface area contributed by atoms with E-state index in [9.17, 15) is 0 Å². The van der Waals surface area contributed by atoms with Crippen LogP contribution >= 0.6 is 0 Å². The number of unbranched alkanes of at least 4 members (excludes halogenated alkanes) is 2. The van der Waals surface area contributed by atoms with E-state index in [1.54, 1.807) is 0 Å². The normalized spacial score (nSPS) is 10.2. The molecule has 0 aliphatic rings. The van der Waals surface area contributed by atoms with Gasteiger partial charge in [0.1, 0.15) is 0 Å². The van der Waals surface area contributed by atoms with Gasteiger partial charge in [-0.3, -0.25) is 4.90 Å². The third kappa shape index (κ3) is 6.18. The lowest BCUT2D eigenvalue weighted by Gasteiger charge is -2.17. The highest BCUT2D eigenvalue weighted by Crippen LogP contribution is 1.97. The second-order valence-electron chi connectivity index (χ2n) is 3.14. The van der Waals surface area contributed by atoms with Crippen LogP contribution in [0.3, 0.4) is 0 Å². The van der Waals surface area contributed by atoms with Crippen molar-refractivity contribution in [3.05, 3.63) is 0 Å². The molecule has 0 unspecified atom stereocenters. The molecule has 2 heteroatoms. The van der Waals surface area contributed by atoms with Crippen LogP contribution in [0, 0.1) is 11.3 Å². The molecule has 0 aliphatic heterocycles. The van der Waals surface area contributed by atoms with Gasteiger partial charge in [0.15, 0.2) is 0 Å². The van der Waals surface area contributed by atoms with Crippen LogP contribution in [-0.2, 0) is 0 Å². The molecule has 0 rings (SSSR count). The second-order valence-corrected chi connectivity index (χ2v) is 3.14. The van der Waals surface area contributed by atoms with Crippen LogP contribution in [0.4, 0.5) is 0 Å². The van der Waals surface area contributed by atoms with Crippen molar-refractivity contribution >= 4 is 0 Å². The first-order valence-electron chi connectivity index (χ1n) is 4.94. The van der Waals surface area contributed by atoms with E-state index in [1.807, 2.05) is 0 Å². The Bertz CT molecular complexity index is 118. The summed E-state index contributed by atoms with van der Waals surface area (Å²) in [6.07, 6.45) is 4.86. The average Bonchev–Trinajstić information content (AvgIpc) is 2.10. The highest BCUT2D eigenvalue weighted by atomic mass is 15.1. The van der Waals surface area contributed by atoms with Crippen LogP contribution in [0.1, 0.15) is 39.5 Å². The highest BCUT2D eigenvalue weighted by molar-refractivity contribution is 4.76. The summed E-state index contributed by atoms with van der Waals surface area (Å²) in [5.41, 5.74) is 0. The van der Waals surface area contributed by atoms with Gasteiger partial charge in [-0.2, -0.15) is 5.26 Å². The minimum absolute atomic E-state index is 0.597. The molecular formula is C10H20N2. The van der Waals surface area contributed by atoms with Crippen LogP contribution in [0.25, 0.3) is 0 Å². The summed E-state index contributed by atoms with van der Waals surface area (Å²) in [6.45, 7) is 7.14. The topological polar surface area (TPSA) is 27.0 Å². The highest BCUT2D eigenvalue weighted by Gasteiger charge is 2.01. The SMILES string of the molecule is CCCCN(CC#N)CCCC. The molecule has 0 heterocycles. The molecule has 0 atom stereocenters. The summed E-state index contributed by atoms with van der Waals surface area (Å²) < 4.78 is 0. The summed E-state index contributed by atoms with van der Waals surface area (Å²) in [7, 11) is 0. The van der Waals surface area contributed by atoms with Crippen molar-refractivity contribution in [3.63, 3.8) is 0 Å². The first kappa shape index (κ1) is 11.4. The largest absolute Gasteiger partial charge is 0.291 e. The molecule has 0 saturated carbocycles. The molecule has 0 amide bonds. The average molecular weight is 168 g/mol. The molecule has 0 spiro atoms. The maximum absolute atomic E-state index is 8.54. The molecule has 70 valence electrons. The Hall–Kier alpha value is -0.550. The van der Waals surface area contributed by atoms with Gasteiger partial charge in [-0.25, -0.2) is 0 Å². The predicted octanol–water partition coefficient (Wildman–Crippen LogP) is 2.41. The third-order valence-electron chi connectivity index (χ3n) is 1.95. The molecule has 12 heavy (non-hydrogen) atoms. The molecule has 0 aromatic heterocycles. The van der Waals surface area contributed by atoms with Crippen LogP contribution in [-0.4, -0.2) is 24.5 Å². The zero-order valence-electron chi connectivity index (χ0n) is 8.34. The summed E-state index contributed by atoms with van der Waals surface area (Å²) in [5, 5.41) is 8.54. The van der Waals surface area contributed by atoms with Gasteiger partial charge in [-0.15, -0.1) is 0 Å². The number of hydrogen-bond acceptors (Lipinski definition) is 2. The summed E-state index contributed by atoms with van der Waals surface area (Å²) in [4.78, 5) is 2.24. The fraction of sp³-hybridized carbons (Fsp3) is 0.900. The van der Waals surface area contributed by atoms with Crippen molar-refractivity contribution < 1.29 is 0 Å². The number of hydrogen-bond donors (Lipinski definition) is 0. The van der Waals surface area contributed by atoms with Crippen LogP contribution in [0.5, 0.6) is 0 Å². The first-order valence-corrected chi connectivity index (χ1v) is 4.94. The van der Waals surface area contributed by atoms with E-state index in [0.29, 0.717) is 6.54 Å². The lowest BCUT2D eigenvalue weighted by molar-refractivity contribution is 0.295. The van der Waals surface area contributed by atoms with Gasteiger partial charge in [0.25, 0.3) is 0 Å². The van der Waals surface area contributed by atoms with Crippen molar-refractivity contribution in [1.82, 2.24) is 4.90 Å². The predicted molar refractivity (Wildman–Crippen MR) is 51.9 cm³/mol. The van der Waals surface area contributed by atoms with Crippen molar-refractivity contribution in [2.75, 3.05) is 19.6 Å². The summed E-state index contributed by atoms with van der Waals surface area (Å²) in [6, 6.07) is 2.21. The van der Waals surface area contributed by atoms with Gasteiger partial charge in [0, 0.05) is 0 Å². The molecule has 0 aromatic rings. The van der Waals surface area contributed by atoms with Gasteiger partial charge in [0.05, 0.1) is 12.6 Å². The smallest absolute Gasteiger partial charge is 0.0865 e. The zero-order valence-corrected chi connectivity index (χ0v) is 8.34. The Balaban J connectivity index is 3.48. The van der Waals surface area contributed by atoms with E-state index in [2.05, 4.69) is 24.8 Å². The maximum atomic E-state index is 8.54. The lowest BCUT2D eigenvalue weighted by atomic mass is 10.2. The molecule has 2 nitrogen and oxygen atoms in total. The Kier molecular flexibility index (Phi) is 8.15. The Morgan fingerprint density at radius 2 is 1.58 bits per heavy atom. The van der Waals surface area contributed by atoms with E-state index in [-0.39, 0.29) is 0 Å². The fourth-order valence-corrected chi connectivity index (χ4v) is 1.13. The van der Waals surface area contributed by atoms with E-state index in [0.717, 1.165) is 13.1 Å². The molecule has 0 saturated heterocycles. The van der Waals surface area contributed by atoms with Crippen molar-refractivity contribution in [2.45, 2.75) is 39.5 Å². The van der Waals surface area contributed by atoms with Gasteiger partial charge < -0.3 is 0 Å². The Morgan fingerprint density at radius 3 is 1.92 bits per heavy atom. The molecule has 0 bridgehead atoms. The summed E-state index contributed by atoms with van der Waals surface area (Å²) >= 11 is 0. The van der Waals surface area contributed by atoms with Crippen molar-refractivity contribution in [3.8, 4) is 6.07 Å². The number of rotatable bonds is 7. The van der Waals surface area contributed by atoms with Gasteiger partial charge in [-0.05, 0) is 25.9 Å². The molecule has 0 fully saturated rings.